The number of urea groups is 1. The molecular weight excluding hydrogens is 297 g/mol. The van der Waals surface area contributed by atoms with Crippen LogP contribution in [-0.4, -0.2) is 22.2 Å². The zero-order chi connectivity index (χ0) is 17.0. The fraction of sp³-hybridized carbons (Fsp3) is 0.294. The highest BCUT2D eigenvalue weighted by atomic mass is 19.1. The number of hydrogen-bond acceptors (Lipinski definition) is 3. The molecule has 2 rings (SSSR count). The lowest BCUT2D eigenvalue weighted by Crippen LogP contribution is -2.39. The van der Waals surface area contributed by atoms with Crippen LogP contribution in [0.2, 0.25) is 0 Å². The van der Waals surface area contributed by atoms with Gasteiger partial charge in [-0.1, -0.05) is 12.1 Å². The van der Waals surface area contributed by atoms with Crippen LogP contribution in [-0.2, 0) is 0 Å². The maximum Gasteiger partial charge on any atom is 0.320 e. The lowest BCUT2D eigenvalue weighted by atomic mass is 10.0. The molecule has 2 amide bonds. The maximum absolute atomic E-state index is 12.9. The largest absolute Gasteiger partial charge is 0.386 e. The van der Waals surface area contributed by atoms with E-state index < -0.39 is 18.2 Å². The molecule has 1 heterocycles. The number of hydrogen-bond donors (Lipinski definition) is 3. The van der Waals surface area contributed by atoms with E-state index in [0.717, 1.165) is 11.3 Å². The summed E-state index contributed by atoms with van der Waals surface area (Å²) in [5, 5.41) is 15.5. The first kappa shape index (κ1) is 16.9. The molecule has 0 bridgehead atoms. The third-order valence-corrected chi connectivity index (χ3v) is 3.38. The number of aryl methyl sites for hydroxylation is 2. The summed E-state index contributed by atoms with van der Waals surface area (Å²) in [5.74, 6) is 0.0728. The van der Waals surface area contributed by atoms with Crippen molar-refractivity contribution < 1.29 is 14.3 Å². The molecule has 2 aromatic rings. The minimum Gasteiger partial charge on any atom is -0.386 e. The molecule has 5 nitrogen and oxygen atoms in total. The van der Waals surface area contributed by atoms with Crippen molar-refractivity contribution in [2.24, 2.45) is 0 Å². The predicted molar refractivity (Wildman–Crippen MR) is 86.7 cm³/mol. The van der Waals surface area contributed by atoms with Gasteiger partial charge in [0.2, 0.25) is 0 Å². The van der Waals surface area contributed by atoms with Crippen LogP contribution in [0.1, 0.15) is 29.8 Å². The van der Waals surface area contributed by atoms with Crippen molar-refractivity contribution in [3.8, 4) is 0 Å². The minimum absolute atomic E-state index is 0.375. The highest BCUT2D eigenvalue weighted by Crippen LogP contribution is 2.17. The normalized spacial score (nSPS) is 13.3. The number of nitrogens with zero attached hydrogens (tertiary/aromatic N) is 1. The third-order valence-electron chi connectivity index (χ3n) is 3.38. The molecule has 0 spiro atoms. The van der Waals surface area contributed by atoms with Gasteiger partial charge in [0.1, 0.15) is 11.6 Å². The summed E-state index contributed by atoms with van der Waals surface area (Å²) in [7, 11) is 0. The minimum atomic E-state index is -0.937. The first-order valence-corrected chi connectivity index (χ1v) is 7.31. The van der Waals surface area contributed by atoms with Gasteiger partial charge >= 0.3 is 6.03 Å². The molecule has 6 heteroatoms. The van der Waals surface area contributed by atoms with Crippen LogP contribution in [0, 0.1) is 19.7 Å². The molecule has 0 saturated heterocycles. The Morgan fingerprint density at radius 3 is 2.48 bits per heavy atom. The Bertz CT molecular complexity index is 668. The number of aromatic nitrogens is 1. The van der Waals surface area contributed by atoms with Crippen LogP contribution in [0.3, 0.4) is 0 Å². The molecule has 3 N–H and O–H groups in total. The molecule has 0 aliphatic carbocycles. The Hall–Kier alpha value is -2.47. The monoisotopic (exact) mass is 317 g/mol. The maximum atomic E-state index is 12.9. The number of carbonyl (C=O) groups excluding carboxylic acids is 1. The topological polar surface area (TPSA) is 74.2 Å². The van der Waals surface area contributed by atoms with Crippen molar-refractivity contribution in [3.05, 3.63) is 59.0 Å². The number of carbonyl (C=O) groups is 1. The second-order valence-electron chi connectivity index (χ2n) is 5.55. The van der Waals surface area contributed by atoms with Gasteiger partial charge in [-0.2, -0.15) is 0 Å². The number of rotatable bonds is 4. The Morgan fingerprint density at radius 2 is 1.87 bits per heavy atom. The van der Waals surface area contributed by atoms with E-state index in [1.807, 2.05) is 19.9 Å². The van der Waals surface area contributed by atoms with E-state index in [9.17, 15) is 14.3 Å². The second-order valence-corrected chi connectivity index (χ2v) is 5.55. The van der Waals surface area contributed by atoms with Crippen LogP contribution in [0.5, 0.6) is 0 Å². The van der Waals surface area contributed by atoms with Gasteiger partial charge in [0.15, 0.2) is 0 Å². The number of anilines is 1. The van der Waals surface area contributed by atoms with E-state index in [0.29, 0.717) is 11.4 Å². The van der Waals surface area contributed by atoms with Crippen molar-refractivity contribution in [3.63, 3.8) is 0 Å². The quantitative estimate of drug-likeness (QED) is 0.811. The summed E-state index contributed by atoms with van der Waals surface area (Å²) in [6.07, 6.45) is -0.937. The molecule has 2 atom stereocenters. The number of pyridine rings is 1. The average molecular weight is 317 g/mol. The van der Waals surface area contributed by atoms with E-state index in [2.05, 4.69) is 15.6 Å². The zero-order valence-corrected chi connectivity index (χ0v) is 13.3. The average Bonchev–Trinajstić information content (AvgIpc) is 2.45. The number of nitrogens with one attached hydrogen (secondary N) is 2. The molecule has 122 valence electrons. The summed E-state index contributed by atoms with van der Waals surface area (Å²) < 4.78 is 12.9. The molecule has 0 aliphatic rings. The number of aliphatic hydroxyl groups excluding tert-OH is 1. The Kier molecular flexibility index (Phi) is 5.28. The van der Waals surface area contributed by atoms with Gasteiger partial charge in [-0.15, -0.1) is 0 Å². The van der Waals surface area contributed by atoms with Gasteiger partial charge in [-0.05, 0) is 56.2 Å². The van der Waals surface area contributed by atoms with Gasteiger partial charge in [0, 0.05) is 5.69 Å². The van der Waals surface area contributed by atoms with E-state index >= 15 is 0 Å². The molecule has 0 aliphatic heterocycles. The predicted octanol–water partition coefficient (Wildman–Crippen LogP) is 3.08. The van der Waals surface area contributed by atoms with Crippen LogP contribution in [0.4, 0.5) is 15.0 Å². The summed E-state index contributed by atoms with van der Waals surface area (Å²) in [5.41, 5.74) is 2.33. The van der Waals surface area contributed by atoms with Crippen molar-refractivity contribution in [2.75, 3.05) is 5.32 Å². The van der Waals surface area contributed by atoms with Crippen molar-refractivity contribution in [1.29, 1.82) is 0 Å². The molecule has 0 unspecified atom stereocenters. The van der Waals surface area contributed by atoms with Crippen molar-refractivity contribution >= 4 is 11.8 Å². The van der Waals surface area contributed by atoms with E-state index in [-0.39, 0.29) is 5.82 Å². The van der Waals surface area contributed by atoms with Crippen LogP contribution in [0.25, 0.3) is 0 Å². The van der Waals surface area contributed by atoms with E-state index in [1.54, 1.807) is 13.0 Å². The van der Waals surface area contributed by atoms with Gasteiger partial charge in [0.25, 0.3) is 0 Å². The SMILES string of the molecule is Cc1cc(C)nc(NC(=O)N[C@@H](C)[C@@H](O)c2ccc(F)cc2)c1. The highest BCUT2D eigenvalue weighted by Gasteiger charge is 2.18. The van der Waals surface area contributed by atoms with Gasteiger partial charge in [-0.3, -0.25) is 5.32 Å². The first-order valence-electron chi connectivity index (χ1n) is 7.31. The van der Waals surface area contributed by atoms with Crippen LogP contribution in [0.15, 0.2) is 36.4 Å². The Labute approximate surface area is 134 Å². The van der Waals surface area contributed by atoms with Crippen LogP contribution < -0.4 is 10.6 Å². The van der Waals surface area contributed by atoms with Crippen LogP contribution >= 0.6 is 0 Å². The standard InChI is InChI=1S/C17H20FN3O2/c1-10-8-11(2)19-15(9-10)21-17(23)20-12(3)16(22)13-4-6-14(18)7-5-13/h4-9,12,16,22H,1-3H3,(H2,19,20,21,23)/t12-,16+/m0/s1. The third kappa shape index (κ3) is 4.75. The van der Waals surface area contributed by atoms with Gasteiger partial charge in [0.05, 0.1) is 12.1 Å². The first-order chi connectivity index (χ1) is 10.8. The van der Waals surface area contributed by atoms with Crippen molar-refractivity contribution in [1.82, 2.24) is 10.3 Å². The van der Waals surface area contributed by atoms with Crippen molar-refractivity contribution in [2.45, 2.75) is 32.9 Å². The van der Waals surface area contributed by atoms with E-state index in [4.69, 9.17) is 0 Å². The summed E-state index contributed by atoms with van der Waals surface area (Å²) in [4.78, 5) is 16.2. The molecule has 1 aromatic heterocycles. The zero-order valence-electron chi connectivity index (χ0n) is 13.3. The smallest absolute Gasteiger partial charge is 0.320 e. The summed E-state index contributed by atoms with van der Waals surface area (Å²) in [6, 6.07) is 8.17. The summed E-state index contributed by atoms with van der Waals surface area (Å²) >= 11 is 0. The number of aliphatic hydroxyl groups is 1. The molecule has 0 radical (unpaired) electrons. The fourth-order valence-electron chi connectivity index (χ4n) is 2.29. The molecule has 1 aromatic carbocycles. The van der Waals surface area contributed by atoms with E-state index in [1.165, 1.54) is 24.3 Å². The number of benzene rings is 1. The number of halogens is 1. The van der Waals surface area contributed by atoms with Gasteiger partial charge in [-0.25, -0.2) is 14.2 Å². The lowest BCUT2D eigenvalue weighted by Gasteiger charge is -2.21. The van der Waals surface area contributed by atoms with Gasteiger partial charge < -0.3 is 10.4 Å². The highest BCUT2D eigenvalue weighted by molar-refractivity contribution is 5.88. The molecule has 23 heavy (non-hydrogen) atoms. The second kappa shape index (κ2) is 7.19. The lowest BCUT2D eigenvalue weighted by molar-refractivity contribution is 0.139. The fourth-order valence-corrected chi connectivity index (χ4v) is 2.29. The Balaban J connectivity index is 1.97. The molecule has 0 fully saturated rings. The molecule has 0 saturated carbocycles. The summed E-state index contributed by atoms with van der Waals surface area (Å²) in [6.45, 7) is 5.43. The Morgan fingerprint density at radius 1 is 1.22 bits per heavy atom. The number of amides is 2. The molecular formula is C17H20FN3O2.